The summed E-state index contributed by atoms with van der Waals surface area (Å²) in [6.45, 7) is 8.25. The molecule has 0 bridgehead atoms. The van der Waals surface area contributed by atoms with Crippen LogP contribution in [0.15, 0.2) is 6.07 Å². The van der Waals surface area contributed by atoms with Gasteiger partial charge in [0.25, 0.3) is 5.91 Å². The fourth-order valence-electron chi connectivity index (χ4n) is 3.08. The molecular weight excluding hydrogens is 274 g/mol. The minimum absolute atomic E-state index is 0.146. The Kier molecular flexibility index (Phi) is 3.91. The number of aryl methyl sites for hydroxylation is 2. The van der Waals surface area contributed by atoms with Crippen molar-refractivity contribution in [3.8, 4) is 0 Å². The lowest BCUT2D eigenvalue weighted by molar-refractivity contribution is -0.148. The normalized spacial score (nSPS) is 21.8. The van der Waals surface area contributed by atoms with E-state index in [2.05, 4.69) is 0 Å². The SMILES string of the molecule is Cc1cc(C(=O)N2CCCC(C)(C)C2C(=O)O)c(C)s1. The predicted octanol–water partition coefficient (Wildman–Crippen LogP) is 3.08. The van der Waals surface area contributed by atoms with Crippen LogP contribution in [0.3, 0.4) is 0 Å². The van der Waals surface area contributed by atoms with E-state index >= 15 is 0 Å². The number of carbonyl (C=O) groups excluding carboxylic acids is 1. The Labute approximate surface area is 123 Å². The molecule has 1 aromatic rings. The molecule has 1 saturated heterocycles. The number of thiophene rings is 1. The molecule has 0 spiro atoms. The van der Waals surface area contributed by atoms with Gasteiger partial charge in [0, 0.05) is 16.3 Å². The zero-order chi connectivity index (χ0) is 15.1. The van der Waals surface area contributed by atoms with Crippen LogP contribution in [-0.4, -0.2) is 34.5 Å². The van der Waals surface area contributed by atoms with Crippen LogP contribution in [0, 0.1) is 19.3 Å². The number of nitrogens with zero attached hydrogens (tertiary/aromatic N) is 1. The van der Waals surface area contributed by atoms with Gasteiger partial charge in [-0.3, -0.25) is 4.79 Å². The van der Waals surface area contributed by atoms with Gasteiger partial charge in [-0.1, -0.05) is 13.8 Å². The van der Waals surface area contributed by atoms with Crippen LogP contribution in [0.25, 0.3) is 0 Å². The van der Waals surface area contributed by atoms with Gasteiger partial charge in [0.2, 0.25) is 0 Å². The number of likely N-dealkylation sites (tertiary alicyclic amines) is 1. The smallest absolute Gasteiger partial charge is 0.326 e. The van der Waals surface area contributed by atoms with Gasteiger partial charge in [0.05, 0.1) is 5.56 Å². The summed E-state index contributed by atoms with van der Waals surface area (Å²) >= 11 is 1.58. The minimum atomic E-state index is -0.910. The lowest BCUT2D eigenvalue weighted by Gasteiger charge is -2.44. The number of hydrogen-bond donors (Lipinski definition) is 1. The molecule has 2 rings (SSSR count). The number of carbonyl (C=O) groups is 2. The highest BCUT2D eigenvalue weighted by atomic mass is 32.1. The third-order valence-electron chi connectivity index (χ3n) is 4.04. The molecule has 1 fully saturated rings. The van der Waals surface area contributed by atoms with Crippen LogP contribution in [0.1, 0.15) is 46.8 Å². The van der Waals surface area contributed by atoms with Gasteiger partial charge in [-0.25, -0.2) is 4.79 Å². The van der Waals surface area contributed by atoms with Gasteiger partial charge >= 0.3 is 5.97 Å². The lowest BCUT2D eigenvalue weighted by atomic mass is 9.76. The van der Waals surface area contributed by atoms with Crippen LogP contribution < -0.4 is 0 Å². The largest absolute Gasteiger partial charge is 0.480 e. The first-order chi connectivity index (χ1) is 9.24. The zero-order valence-electron chi connectivity index (χ0n) is 12.4. The zero-order valence-corrected chi connectivity index (χ0v) is 13.2. The third kappa shape index (κ3) is 2.59. The van der Waals surface area contributed by atoms with Crippen molar-refractivity contribution >= 4 is 23.2 Å². The van der Waals surface area contributed by atoms with Crippen molar-refractivity contribution in [1.82, 2.24) is 4.90 Å². The van der Waals surface area contributed by atoms with Crippen LogP contribution in [0.4, 0.5) is 0 Å². The number of piperidine rings is 1. The molecule has 0 radical (unpaired) electrons. The Balaban J connectivity index is 2.36. The van der Waals surface area contributed by atoms with Crippen LogP contribution in [-0.2, 0) is 4.79 Å². The van der Waals surface area contributed by atoms with Crippen molar-refractivity contribution in [2.24, 2.45) is 5.41 Å². The molecule has 1 aliphatic heterocycles. The first-order valence-corrected chi connectivity index (χ1v) is 7.66. The van der Waals surface area contributed by atoms with Gasteiger partial charge in [-0.2, -0.15) is 0 Å². The van der Waals surface area contributed by atoms with Gasteiger partial charge in [0.1, 0.15) is 6.04 Å². The van der Waals surface area contributed by atoms with Gasteiger partial charge < -0.3 is 10.0 Å². The van der Waals surface area contributed by atoms with E-state index in [0.717, 1.165) is 22.6 Å². The summed E-state index contributed by atoms with van der Waals surface area (Å²) < 4.78 is 0. The molecule has 1 aliphatic rings. The van der Waals surface area contributed by atoms with Gasteiger partial charge in [-0.15, -0.1) is 11.3 Å². The number of carboxylic acids is 1. The fraction of sp³-hybridized carbons (Fsp3) is 0.600. The van der Waals surface area contributed by atoms with E-state index in [-0.39, 0.29) is 5.91 Å². The van der Waals surface area contributed by atoms with E-state index in [9.17, 15) is 14.7 Å². The third-order valence-corrected chi connectivity index (χ3v) is 5.00. The number of carboxylic acid groups (broad SMARTS) is 1. The quantitative estimate of drug-likeness (QED) is 0.912. The van der Waals surface area contributed by atoms with E-state index in [1.54, 1.807) is 16.2 Å². The monoisotopic (exact) mass is 295 g/mol. The average Bonchev–Trinajstić information content (AvgIpc) is 2.65. The topological polar surface area (TPSA) is 57.6 Å². The number of hydrogen-bond acceptors (Lipinski definition) is 3. The Morgan fingerprint density at radius 2 is 2.05 bits per heavy atom. The maximum Gasteiger partial charge on any atom is 0.326 e. The molecule has 4 nitrogen and oxygen atoms in total. The fourth-order valence-corrected chi connectivity index (χ4v) is 3.99. The highest BCUT2D eigenvalue weighted by molar-refractivity contribution is 7.12. The van der Waals surface area contributed by atoms with Crippen LogP contribution >= 0.6 is 11.3 Å². The maximum atomic E-state index is 12.7. The second kappa shape index (κ2) is 5.20. The number of amides is 1. The highest BCUT2D eigenvalue weighted by Gasteiger charge is 2.44. The van der Waals surface area contributed by atoms with E-state index in [1.807, 2.05) is 33.8 Å². The van der Waals surface area contributed by atoms with E-state index in [4.69, 9.17) is 0 Å². The van der Waals surface area contributed by atoms with E-state index in [0.29, 0.717) is 12.1 Å². The lowest BCUT2D eigenvalue weighted by Crippen LogP contribution is -2.56. The molecular formula is C15H21NO3S. The first kappa shape index (κ1) is 15.0. The van der Waals surface area contributed by atoms with Crippen molar-refractivity contribution in [3.05, 3.63) is 21.4 Å². The molecule has 5 heteroatoms. The molecule has 0 saturated carbocycles. The first-order valence-electron chi connectivity index (χ1n) is 6.85. The molecule has 110 valence electrons. The Morgan fingerprint density at radius 1 is 1.40 bits per heavy atom. The molecule has 1 unspecified atom stereocenters. The standard InChI is InChI=1S/C15H21NO3S/c1-9-8-11(10(2)20-9)13(17)16-7-5-6-15(3,4)12(16)14(18)19/h8,12H,5-7H2,1-4H3,(H,18,19). The summed E-state index contributed by atoms with van der Waals surface area (Å²) in [7, 11) is 0. The summed E-state index contributed by atoms with van der Waals surface area (Å²) in [6.07, 6.45) is 1.68. The molecule has 0 aromatic carbocycles. The van der Waals surface area contributed by atoms with Crippen molar-refractivity contribution in [1.29, 1.82) is 0 Å². The Morgan fingerprint density at radius 3 is 2.55 bits per heavy atom. The molecule has 20 heavy (non-hydrogen) atoms. The summed E-state index contributed by atoms with van der Waals surface area (Å²) in [4.78, 5) is 27.9. The second-order valence-corrected chi connectivity index (χ2v) is 7.62. The molecule has 1 aromatic heterocycles. The van der Waals surface area contributed by atoms with Gasteiger partial charge in [-0.05, 0) is 38.2 Å². The van der Waals surface area contributed by atoms with Crippen molar-refractivity contribution in [2.75, 3.05) is 6.54 Å². The van der Waals surface area contributed by atoms with Crippen molar-refractivity contribution in [3.63, 3.8) is 0 Å². The van der Waals surface area contributed by atoms with E-state index < -0.39 is 17.4 Å². The van der Waals surface area contributed by atoms with Crippen LogP contribution in [0.5, 0.6) is 0 Å². The second-order valence-electron chi connectivity index (χ2n) is 6.16. The summed E-state index contributed by atoms with van der Waals surface area (Å²) in [6, 6.07) is 1.12. The molecule has 0 aliphatic carbocycles. The van der Waals surface area contributed by atoms with Crippen molar-refractivity contribution < 1.29 is 14.7 Å². The molecule has 2 heterocycles. The van der Waals surface area contributed by atoms with E-state index in [1.165, 1.54) is 0 Å². The Bertz CT molecular complexity index is 547. The summed E-state index contributed by atoms with van der Waals surface area (Å²) in [5, 5.41) is 9.52. The maximum absolute atomic E-state index is 12.7. The molecule has 1 N–H and O–H groups in total. The highest BCUT2D eigenvalue weighted by Crippen LogP contribution is 2.36. The summed E-state index contributed by atoms with van der Waals surface area (Å²) in [5.41, 5.74) is 0.259. The minimum Gasteiger partial charge on any atom is -0.480 e. The number of aliphatic carboxylic acids is 1. The summed E-state index contributed by atoms with van der Waals surface area (Å²) in [5.74, 6) is -1.06. The average molecular weight is 295 g/mol. The van der Waals surface area contributed by atoms with Gasteiger partial charge in [0.15, 0.2) is 0 Å². The van der Waals surface area contributed by atoms with Crippen LogP contribution in [0.2, 0.25) is 0 Å². The predicted molar refractivity (Wildman–Crippen MR) is 79.3 cm³/mol. The number of rotatable bonds is 2. The molecule has 1 amide bonds. The molecule has 1 atom stereocenters. The Hall–Kier alpha value is -1.36. The van der Waals surface area contributed by atoms with Crippen molar-refractivity contribution in [2.45, 2.75) is 46.6 Å².